The average Bonchev–Trinajstić information content (AvgIpc) is 2.47. The minimum absolute atomic E-state index is 0.0471. The summed E-state index contributed by atoms with van der Waals surface area (Å²) in [6.45, 7) is 0. The third-order valence-electron chi connectivity index (χ3n) is 3.06. The van der Waals surface area contributed by atoms with Crippen molar-refractivity contribution in [1.29, 1.82) is 0 Å². The molecule has 0 atom stereocenters. The highest BCUT2D eigenvalue weighted by molar-refractivity contribution is 5.69. The van der Waals surface area contributed by atoms with Crippen LogP contribution in [0.3, 0.4) is 0 Å². The summed E-state index contributed by atoms with van der Waals surface area (Å²) in [4.78, 5) is 18.8. The summed E-state index contributed by atoms with van der Waals surface area (Å²) in [5.41, 5.74) is 0.387. The smallest absolute Gasteiger partial charge is 0.262 e. The number of nitrogens with zero attached hydrogens (tertiary/aromatic N) is 1. The van der Waals surface area contributed by atoms with E-state index >= 15 is 0 Å². The molecule has 0 aliphatic carbocycles. The molecule has 0 radical (unpaired) electrons. The molecule has 4 nitrogen and oxygen atoms in total. The van der Waals surface area contributed by atoms with Crippen LogP contribution in [0.1, 0.15) is 0 Å². The van der Waals surface area contributed by atoms with Crippen molar-refractivity contribution in [3.63, 3.8) is 0 Å². The molecule has 2 aromatic carbocycles. The van der Waals surface area contributed by atoms with Crippen molar-refractivity contribution in [2.45, 2.75) is 0 Å². The van der Waals surface area contributed by atoms with E-state index in [1.807, 2.05) is 6.07 Å². The second-order valence-corrected chi connectivity index (χ2v) is 4.49. The summed E-state index contributed by atoms with van der Waals surface area (Å²) >= 11 is 0. The van der Waals surface area contributed by atoms with Gasteiger partial charge in [0.05, 0.1) is 0 Å². The predicted octanol–water partition coefficient (Wildman–Crippen LogP) is 2.95. The quantitative estimate of drug-likeness (QED) is 0.759. The van der Waals surface area contributed by atoms with Gasteiger partial charge in [0.25, 0.3) is 5.56 Å². The van der Waals surface area contributed by atoms with Crippen LogP contribution in [0.4, 0.5) is 4.39 Å². The van der Waals surface area contributed by atoms with E-state index in [0.717, 1.165) is 0 Å². The Morgan fingerprint density at radius 3 is 2.38 bits per heavy atom. The van der Waals surface area contributed by atoms with Gasteiger partial charge in [-0.1, -0.05) is 42.5 Å². The Kier molecular flexibility index (Phi) is 3.23. The minimum Gasteiger partial charge on any atom is -0.493 e. The third kappa shape index (κ3) is 2.53. The molecule has 21 heavy (non-hydrogen) atoms. The fourth-order valence-electron chi connectivity index (χ4n) is 2.10. The van der Waals surface area contributed by atoms with Crippen LogP contribution in [-0.2, 0) is 0 Å². The number of nitrogens with one attached hydrogen (secondary N) is 1. The maximum Gasteiger partial charge on any atom is 0.262 e. The van der Waals surface area contributed by atoms with Crippen molar-refractivity contribution in [2.75, 3.05) is 0 Å². The highest BCUT2D eigenvalue weighted by atomic mass is 19.1. The first-order valence-electron chi connectivity index (χ1n) is 6.30. The minimum atomic E-state index is -0.521. The summed E-state index contributed by atoms with van der Waals surface area (Å²) in [6.07, 6.45) is 0. The summed E-state index contributed by atoms with van der Waals surface area (Å²) in [5, 5.41) is 10.0. The zero-order valence-electron chi connectivity index (χ0n) is 10.9. The molecule has 1 aromatic heterocycles. The summed E-state index contributed by atoms with van der Waals surface area (Å²) in [5.74, 6) is -0.653. The molecule has 0 amide bonds. The standard InChI is InChI=1S/C16H11FN2O2/c17-12-8-4-7-11(9-12)13-15(20)18-14(19-16(13)21)10-5-2-1-3-6-10/h1-9H,(H2,18,19,20,21). The summed E-state index contributed by atoms with van der Waals surface area (Å²) < 4.78 is 13.2. The number of H-pyrrole nitrogens is 1. The predicted molar refractivity (Wildman–Crippen MR) is 77.4 cm³/mol. The second kappa shape index (κ2) is 5.20. The van der Waals surface area contributed by atoms with E-state index in [1.165, 1.54) is 24.3 Å². The van der Waals surface area contributed by atoms with Gasteiger partial charge >= 0.3 is 0 Å². The van der Waals surface area contributed by atoms with Crippen molar-refractivity contribution in [1.82, 2.24) is 9.97 Å². The maximum absolute atomic E-state index is 13.2. The van der Waals surface area contributed by atoms with Crippen molar-refractivity contribution in [3.05, 3.63) is 70.8 Å². The summed E-state index contributed by atoms with van der Waals surface area (Å²) in [7, 11) is 0. The fourth-order valence-corrected chi connectivity index (χ4v) is 2.10. The molecular weight excluding hydrogens is 271 g/mol. The largest absolute Gasteiger partial charge is 0.493 e. The van der Waals surface area contributed by atoms with E-state index in [9.17, 15) is 14.3 Å². The van der Waals surface area contributed by atoms with Gasteiger partial charge in [-0.05, 0) is 17.7 Å². The van der Waals surface area contributed by atoms with E-state index in [1.54, 1.807) is 24.3 Å². The molecule has 1 heterocycles. The van der Waals surface area contributed by atoms with E-state index in [-0.39, 0.29) is 17.0 Å². The lowest BCUT2D eigenvalue weighted by molar-refractivity contribution is 0.454. The molecule has 0 saturated carbocycles. The Bertz CT molecular complexity index is 844. The van der Waals surface area contributed by atoms with Crippen LogP contribution < -0.4 is 5.56 Å². The first-order chi connectivity index (χ1) is 10.1. The monoisotopic (exact) mass is 282 g/mol. The Morgan fingerprint density at radius 2 is 1.71 bits per heavy atom. The normalized spacial score (nSPS) is 10.5. The summed E-state index contributed by atoms with van der Waals surface area (Å²) in [6, 6.07) is 14.4. The van der Waals surface area contributed by atoms with Gasteiger partial charge in [-0.3, -0.25) is 4.79 Å². The van der Waals surface area contributed by atoms with Gasteiger partial charge in [0.1, 0.15) is 17.2 Å². The Hall–Kier alpha value is -2.95. The lowest BCUT2D eigenvalue weighted by Gasteiger charge is -2.06. The topological polar surface area (TPSA) is 66.0 Å². The van der Waals surface area contributed by atoms with Crippen LogP contribution in [-0.4, -0.2) is 15.1 Å². The number of rotatable bonds is 2. The molecule has 2 N–H and O–H groups in total. The molecule has 0 spiro atoms. The first-order valence-corrected chi connectivity index (χ1v) is 6.30. The maximum atomic E-state index is 13.2. The molecule has 0 aliphatic rings. The van der Waals surface area contributed by atoms with Crippen LogP contribution >= 0.6 is 0 Å². The van der Waals surface area contributed by atoms with Crippen molar-refractivity contribution < 1.29 is 9.50 Å². The highest BCUT2D eigenvalue weighted by Gasteiger charge is 2.14. The van der Waals surface area contributed by atoms with E-state index in [2.05, 4.69) is 9.97 Å². The lowest BCUT2D eigenvalue weighted by atomic mass is 10.1. The zero-order valence-corrected chi connectivity index (χ0v) is 10.9. The van der Waals surface area contributed by atoms with Gasteiger partial charge in [-0.25, -0.2) is 4.39 Å². The Morgan fingerprint density at radius 1 is 1.00 bits per heavy atom. The molecule has 104 valence electrons. The molecule has 5 heteroatoms. The van der Waals surface area contributed by atoms with E-state index in [4.69, 9.17) is 0 Å². The number of aromatic amines is 1. The molecule has 3 rings (SSSR count). The highest BCUT2D eigenvalue weighted by Crippen LogP contribution is 2.25. The van der Waals surface area contributed by atoms with Crippen LogP contribution in [0.15, 0.2) is 59.4 Å². The molecule has 0 fully saturated rings. The molecular formula is C16H11FN2O2. The average molecular weight is 282 g/mol. The fraction of sp³-hybridized carbons (Fsp3) is 0. The van der Waals surface area contributed by atoms with Crippen LogP contribution in [0.2, 0.25) is 0 Å². The van der Waals surface area contributed by atoms with E-state index in [0.29, 0.717) is 5.56 Å². The molecule has 0 bridgehead atoms. The number of hydrogen-bond donors (Lipinski definition) is 2. The third-order valence-corrected chi connectivity index (χ3v) is 3.06. The van der Waals surface area contributed by atoms with Gasteiger partial charge in [0.15, 0.2) is 0 Å². The number of aromatic nitrogens is 2. The van der Waals surface area contributed by atoms with Gasteiger partial charge in [0, 0.05) is 5.56 Å². The van der Waals surface area contributed by atoms with E-state index < -0.39 is 17.3 Å². The van der Waals surface area contributed by atoms with Gasteiger partial charge in [-0.2, -0.15) is 4.98 Å². The van der Waals surface area contributed by atoms with Crippen LogP contribution in [0.25, 0.3) is 22.5 Å². The number of benzene rings is 2. The Labute approximate surface area is 119 Å². The van der Waals surface area contributed by atoms with Crippen LogP contribution in [0, 0.1) is 5.82 Å². The van der Waals surface area contributed by atoms with Crippen molar-refractivity contribution in [3.8, 4) is 28.4 Å². The number of aromatic hydroxyl groups is 1. The second-order valence-electron chi connectivity index (χ2n) is 4.49. The number of halogens is 1. The molecule has 0 unspecified atom stereocenters. The van der Waals surface area contributed by atoms with Crippen molar-refractivity contribution >= 4 is 0 Å². The number of hydrogen-bond acceptors (Lipinski definition) is 3. The lowest BCUT2D eigenvalue weighted by Crippen LogP contribution is -2.12. The van der Waals surface area contributed by atoms with Crippen LogP contribution in [0.5, 0.6) is 5.88 Å². The first kappa shape index (κ1) is 13.1. The van der Waals surface area contributed by atoms with Gasteiger partial charge in [-0.15, -0.1) is 0 Å². The van der Waals surface area contributed by atoms with Gasteiger partial charge < -0.3 is 10.1 Å². The SMILES string of the molecule is O=c1[nH]c(-c2ccccc2)nc(O)c1-c1cccc(F)c1. The molecule has 0 aliphatic heterocycles. The Balaban J connectivity index is 2.16. The molecule has 0 saturated heterocycles. The molecule has 3 aromatic rings. The zero-order chi connectivity index (χ0) is 14.8. The van der Waals surface area contributed by atoms with Gasteiger partial charge in [0.2, 0.25) is 5.88 Å². The van der Waals surface area contributed by atoms with Crippen molar-refractivity contribution in [2.24, 2.45) is 0 Å².